The van der Waals surface area contributed by atoms with Crippen molar-refractivity contribution in [3.8, 4) is 16.9 Å². The van der Waals surface area contributed by atoms with Gasteiger partial charge in [-0.05, 0) is 43.2 Å². The Kier molecular flexibility index (Phi) is 8.12. The Labute approximate surface area is 214 Å². The van der Waals surface area contributed by atoms with E-state index in [1.165, 1.54) is 23.2 Å². The minimum atomic E-state index is -3.81. The highest BCUT2D eigenvalue weighted by molar-refractivity contribution is 7.92. The molecule has 2 heterocycles. The number of carbonyl (C=O) groups is 1. The molecule has 4 rings (SSSR count). The number of hydrogen-bond donors (Lipinski definition) is 2. The summed E-state index contributed by atoms with van der Waals surface area (Å²) in [4.78, 5) is 14.3. The lowest BCUT2D eigenvalue weighted by Crippen LogP contribution is -2.49. The molecule has 10 nitrogen and oxygen atoms in total. The summed E-state index contributed by atoms with van der Waals surface area (Å²) in [6.45, 7) is 5.75. The molecule has 1 saturated heterocycles. The highest BCUT2D eigenvalue weighted by Gasteiger charge is 2.43. The molecule has 1 fully saturated rings. The normalized spacial score (nSPS) is 16.4. The average Bonchev–Trinajstić information content (AvgIpc) is 3.29. The number of aromatic nitrogens is 2. The third-order valence-electron chi connectivity index (χ3n) is 6.80. The Morgan fingerprint density at radius 1 is 1.22 bits per heavy atom. The van der Waals surface area contributed by atoms with Gasteiger partial charge in [0.25, 0.3) is 5.91 Å². The second-order valence-corrected chi connectivity index (χ2v) is 11.7. The lowest BCUT2D eigenvalue weighted by Gasteiger charge is -2.26. The summed E-state index contributed by atoms with van der Waals surface area (Å²) >= 11 is 0. The van der Waals surface area contributed by atoms with E-state index in [0.29, 0.717) is 42.2 Å². The van der Waals surface area contributed by atoms with Gasteiger partial charge in [-0.25, -0.2) is 18.3 Å². The Morgan fingerprint density at radius 2 is 1.97 bits per heavy atom. The molecule has 0 saturated carbocycles. The summed E-state index contributed by atoms with van der Waals surface area (Å²) in [6, 6.07) is 10.1. The van der Waals surface area contributed by atoms with Crippen molar-refractivity contribution in [1.82, 2.24) is 20.2 Å². The smallest absolute Gasteiger partial charge is 0.264 e. The number of carbonyl (C=O) groups excluding carboxylic acids is 1. The third-order valence-corrected chi connectivity index (χ3v) is 8.83. The van der Waals surface area contributed by atoms with Crippen molar-refractivity contribution in [2.75, 3.05) is 45.7 Å². The van der Waals surface area contributed by atoms with Crippen molar-refractivity contribution < 1.29 is 32.3 Å². The zero-order valence-corrected chi connectivity index (χ0v) is 21.6. The maximum Gasteiger partial charge on any atom is 0.264 e. The number of halogens is 1. The molecule has 0 bridgehead atoms. The standard InChI is InChI=1S/C25H31FN4O6S/c1-25(24(31)28-32,37(2,33)34)7-8-30-17-19-15-18(3-6-23(19)27-30)21-5-4-20(16-22(21)26)36-14-11-29-9-12-35-13-10-29/h3-6,15-17,32H,7-14H2,1-2H3,(H,28,31)/t25-/m1/s1. The van der Waals surface area contributed by atoms with Crippen molar-refractivity contribution >= 4 is 26.6 Å². The van der Waals surface area contributed by atoms with E-state index in [9.17, 15) is 17.6 Å². The first-order valence-electron chi connectivity index (χ1n) is 11.9. The Morgan fingerprint density at radius 3 is 2.65 bits per heavy atom. The number of nitrogens with one attached hydrogen (secondary N) is 1. The topological polar surface area (TPSA) is 123 Å². The highest BCUT2D eigenvalue weighted by atomic mass is 32.2. The maximum absolute atomic E-state index is 15.0. The maximum atomic E-state index is 15.0. The molecule has 200 valence electrons. The predicted molar refractivity (Wildman–Crippen MR) is 136 cm³/mol. The summed E-state index contributed by atoms with van der Waals surface area (Å²) in [6.07, 6.45) is 2.56. The van der Waals surface area contributed by atoms with Gasteiger partial charge in [-0.2, -0.15) is 5.10 Å². The van der Waals surface area contributed by atoms with Gasteiger partial charge >= 0.3 is 0 Å². The van der Waals surface area contributed by atoms with Gasteiger partial charge in [0.05, 0.1) is 18.7 Å². The first kappa shape index (κ1) is 27.0. The fourth-order valence-corrected chi connectivity index (χ4v) is 5.05. The molecule has 1 amide bonds. The fraction of sp³-hybridized carbons (Fsp3) is 0.440. The van der Waals surface area contributed by atoms with Crippen LogP contribution in [0.1, 0.15) is 13.3 Å². The quantitative estimate of drug-likeness (QED) is 0.300. The number of sulfone groups is 1. The molecule has 2 N–H and O–H groups in total. The number of aryl methyl sites for hydroxylation is 1. The molecule has 1 aromatic heterocycles. The van der Waals surface area contributed by atoms with E-state index in [1.54, 1.807) is 36.5 Å². The van der Waals surface area contributed by atoms with E-state index < -0.39 is 26.3 Å². The SMILES string of the molecule is C[C@@](CCn1cc2cc(-c3ccc(OCCN4CCOCC4)cc3F)ccc2n1)(C(=O)NO)S(C)(=O)=O. The molecule has 0 radical (unpaired) electrons. The van der Waals surface area contributed by atoms with Gasteiger partial charge in [0.1, 0.15) is 18.2 Å². The van der Waals surface area contributed by atoms with Gasteiger partial charge in [-0.1, -0.05) is 6.07 Å². The van der Waals surface area contributed by atoms with Crippen molar-refractivity contribution in [1.29, 1.82) is 0 Å². The van der Waals surface area contributed by atoms with Crippen molar-refractivity contribution in [2.24, 2.45) is 0 Å². The Hall–Kier alpha value is -3.06. The van der Waals surface area contributed by atoms with Crippen LogP contribution in [0.5, 0.6) is 5.75 Å². The van der Waals surface area contributed by atoms with Crippen LogP contribution in [0.2, 0.25) is 0 Å². The van der Waals surface area contributed by atoms with Gasteiger partial charge in [0.2, 0.25) is 0 Å². The van der Waals surface area contributed by atoms with Crippen LogP contribution in [0, 0.1) is 5.82 Å². The second kappa shape index (κ2) is 11.1. The molecule has 1 aliphatic rings. The molecular weight excluding hydrogens is 503 g/mol. The van der Waals surface area contributed by atoms with Crippen LogP contribution in [0.15, 0.2) is 42.6 Å². The van der Waals surface area contributed by atoms with Crippen LogP contribution < -0.4 is 10.2 Å². The van der Waals surface area contributed by atoms with E-state index in [4.69, 9.17) is 14.7 Å². The fourth-order valence-electron chi connectivity index (χ4n) is 4.21. The van der Waals surface area contributed by atoms with E-state index in [1.807, 2.05) is 0 Å². The van der Waals surface area contributed by atoms with Gasteiger partial charge in [-0.15, -0.1) is 0 Å². The molecule has 1 atom stereocenters. The van der Waals surface area contributed by atoms with E-state index >= 15 is 0 Å². The highest BCUT2D eigenvalue weighted by Crippen LogP contribution is 2.29. The molecule has 37 heavy (non-hydrogen) atoms. The molecular formula is C25H31FN4O6S. The lowest BCUT2D eigenvalue weighted by molar-refractivity contribution is -0.131. The molecule has 2 aromatic carbocycles. The van der Waals surface area contributed by atoms with E-state index in [-0.39, 0.29) is 13.0 Å². The summed E-state index contributed by atoms with van der Waals surface area (Å²) in [7, 11) is -3.81. The van der Waals surface area contributed by atoms with Crippen molar-refractivity contribution in [3.05, 3.63) is 48.4 Å². The molecule has 0 aliphatic carbocycles. The number of morpholine rings is 1. The minimum absolute atomic E-state index is 0.0965. The van der Waals surface area contributed by atoms with Crippen molar-refractivity contribution in [2.45, 2.75) is 24.6 Å². The van der Waals surface area contributed by atoms with Gasteiger partial charge < -0.3 is 9.47 Å². The summed E-state index contributed by atoms with van der Waals surface area (Å²) in [5.74, 6) is -0.947. The van der Waals surface area contributed by atoms with Crippen LogP contribution in [0.4, 0.5) is 4.39 Å². The second-order valence-electron chi connectivity index (χ2n) is 9.30. The van der Waals surface area contributed by atoms with Crippen LogP contribution in [0.3, 0.4) is 0 Å². The summed E-state index contributed by atoms with van der Waals surface area (Å²) in [5.41, 5.74) is 3.15. The Bertz CT molecular complexity index is 1370. The lowest BCUT2D eigenvalue weighted by atomic mass is 10.0. The van der Waals surface area contributed by atoms with E-state index in [2.05, 4.69) is 10.00 Å². The van der Waals surface area contributed by atoms with Crippen LogP contribution in [-0.2, 0) is 25.9 Å². The number of nitrogens with zero attached hydrogens (tertiary/aromatic N) is 3. The van der Waals surface area contributed by atoms with Crippen LogP contribution in [-0.4, -0.2) is 84.7 Å². The molecule has 1 aliphatic heterocycles. The van der Waals surface area contributed by atoms with Crippen LogP contribution in [0.25, 0.3) is 22.0 Å². The average molecular weight is 535 g/mol. The predicted octanol–water partition coefficient (Wildman–Crippen LogP) is 2.25. The number of fused-ring (bicyclic) bond motifs is 1. The largest absolute Gasteiger partial charge is 0.492 e. The Balaban J connectivity index is 1.44. The van der Waals surface area contributed by atoms with Gasteiger partial charge in [-0.3, -0.25) is 19.6 Å². The first-order chi connectivity index (χ1) is 17.6. The number of hydrogen-bond acceptors (Lipinski definition) is 8. The molecule has 0 spiro atoms. The van der Waals surface area contributed by atoms with Crippen molar-refractivity contribution in [3.63, 3.8) is 0 Å². The number of ether oxygens (including phenoxy) is 2. The van der Waals surface area contributed by atoms with Gasteiger partial charge in [0.15, 0.2) is 14.6 Å². The monoisotopic (exact) mass is 534 g/mol. The van der Waals surface area contributed by atoms with Crippen LogP contribution >= 0.6 is 0 Å². The zero-order valence-electron chi connectivity index (χ0n) is 20.8. The van der Waals surface area contributed by atoms with Gasteiger partial charge in [0, 0.05) is 55.6 Å². The number of benzene rings is 2. The summed E-state index contributed by atoms with van der Waals surface area (Å²) < 4.78 is 50.1. The number of hydroxylamine groups is 1. The molecule has 0 unspecified atom stereocenters. The number of amides is 1. The first-order valence-corrected chi connectivity index (χ1v) is 13.8. The molecule has 12 heteroatoms. The summed E-state index contributed by atoms with van der Waals surface area (Å²) in [5, 5.41) is 14.1. The third kappa shape index (κ3) is 6.09. The van der Waals surface area contributed by atoms with E-state index in [0.717, 1.165) is 31.3 Å². The zero-order chi connectivity index (χ0) is 26.6. The number of rotatable bonds is 10. The molecule has 3 aromatic rings. The minimum Gasteiger partial charge on any atom is -0.492 e.